The summed E-state index contributed by atoms with van der Waals surface area (Å²) in [5.74, 6) is 2.61. The van der Waals surface area contributed by atoms with Gasteiger partial charge in [-0.05, 0) is 41.8 Å². The highest BCUT2D eigenvalue weighted by Gasteiger charge is 2.14. The maximum Gasteiger partial charge on any atom is 0.298 e. The molecule has 7 nitrogen and oxygen atoms in total. The van der Waals surface area contributed by atoms with Crippen molar-refractivity contribution in [2.45, 2.75) is 20.3 Å². The number of ether oxygens (including phenoxy) is 3. The Morgan fingerprint density at radius 1 is 1.10 bits per heavy atom. The van der Waals surface area contributed by atoms with Gasteiger partial charge in [0.25, 0.3) is 11.1 Å². The monoisotopic (exact) mass is 427 g/mol. The van der Waals surface area contributed by atoms with Crippen molar-refractivity contribution in [3.05, 3.63) is 59.4 Å². The summed E-state index contributed by atoms with van der Waals surface area (Å²) in [7, 11) is 3.17. The molecule has 0 bridgehead atoms. The largest absolute Gasteiger partial charge is 0.497 e. The zero-order chi connectivity index (χ0) is 21.5. The number of nitrogens with one attached hydrogen (secondary N) is 1. The van der Waals surface area contributed by atoms with Gasteiger partial charge in [0.05, 0.1) is 14.2 Å². The van der Waals surface area contributed by atoms with Gasteiger partial charge in [0.15, 0.2) is 17.3 Å². The molecular formula is C22H25N3O4S. The molecule has 0 aliphatic rings. The Morgan fingerprint density at radius 3 is 2.67 bits per heavy atom. The zero-order valence-electron chi connectivity index (χ0n) is 17.5. The molecule has 0 saturated heterocycles. The first-order chi connectivity index (χ1) is 14.5. The number of rotatable bonds is 9. The van der Waals surface area contributed by atoms with Crippen molar-refractivity contribution in [2.75, 3.05) is 20.8 Å². The molecule has 158 valence electrons. The van der Waals surface area contributed by atoms with Crippen LogP contribution in [-0.4, -0.2) is 36.0 Å². The summed E-state index contributed by atoms with van der Waals surface area (Å²) in [4.78, 5) is 16.7. The molecule has 8 heteroatoms. The second-order valence-electron chi connectivity index (χ2n) is 7.08. The van der Waals surface area contributed by atoms with Crippen LogP contribution < -0.4 is 19.5 Å². The smallest absolute Gasteiger partial charge is 0.298 e. The Balaban J connectivity index is 1.69. The molecule has 0 atom stereocenters. The number of aromatic nitrogens is 2. The second kappa shape index (κ2) is 10.1. The quantitative estimate of drug-likeness (QED) is 0.547. The lowest BCUT2D eigenvalue weighted by molar-refractivity contribution is 0.0948. The fraction of sp³-hybridized carbons (Fsp3) is 0.318. The summed E-state index contributed by atoms with van der Waals surface area (Å²) >= 11 is 1.17. The zero-order valence-corrected chi connectivity index (χ0v) is 18.3. The molecule has 1 amide bonds. The van der Waals surface area contributed by atoms with Gasteiger partial charge in [0.2, 0.25) is 0 Å². The average Bonchev–Trinajstić information content (AvgIpc) is 3.19. The van der Waals surface area contributed by atoms with Crippen LogP contribution in [0.25, 0.3) is 0 Å². The Kier molecular flexibility index (Phi) is 7.24. The number of hydrogen-bond donors (Lipinski definition) is 1. The Labute approximate surface area is 180 Å². The fourth-order valence-corrected chi connectivity index (χ4v) is 3.26. The molecule has 0 spiro atoms. The Bertz CT molecular complexity index is 1000. The van der Waals surface area contributed by atoms with Gasteiger partial charge in [-0.25, -0.2) is 0 Å². The molecule has 30 heavy (non-hydrogen) atoms. The standard InChI is InChI=1S/C22H25N3O4S/c1-14(2)13-23-21(26)16-8-9-18(19(12-16)28-4)29-22-24-20(25-30-22)11-15-6-5-7-17(10-15)27-3/h5-10,12,14H,11,13H2,1-4H3,(H,23,26). The van der Waals surface area contributed by atoms with Gasteiger partial charge in [-0.3, -0.25) is 4.79 Å². The number of carbonyl (C=O) groups excluding carboxylic acids is 1. The maximum atomic E-state index is 12.3. The van der Waals surface area contributed by atoms with Crippen LogP contribution in [0, 0.1) is 5.92 Å². The van der Waals surface area contributed by atoms with Gasteiger partial charge in [-0.2, -0.15) is 9.36 Å². The summed E-state index contributed by atoms with van der Waals surface area (Å²) in [6, 6.07) is 12.8. The number of methoxy groups -OCH3 is 2. The van der Waals surface area contributed by atoms with Crippen LogP contribution in [0.2, 0.25) is 0 Å². The van der Waals surface area contributed by atoms with Gasteiger partial charge in [0.1, 0.15) is 5.75 Å². The molecular weight excluding hydrogens is 402 g/mol. The van der Waals surface area contributed by atoms with Crippen LogP contribution in [0.3, 0.4) is 0 Å². The average molecular weight is 428 g/mol. The first kappa shape index (κ1) is 21.6. The normalized spacial score (nSPS) is 10.7. The van der Waals surface area contributed by atoms with Crippen molar-refractivity contribution in [3.8, 4) is 22.4 Å². The lowest BCUT2D eigenvalue weighted by Crippen LogP contribution is -2.27. The van der Waals surface area contributed by atoms with E-state index in [2.05, 4.69) is 14.7 Å². The van der Waals surface area contributed by atoms with Crippen molar-refractivity contribution >= 4 is 17.4 Å². The van der Waals surface area contributed by atoms with Crippen molar-refractivity contribution in [1.82, 2.24) is 14.7 Å². The van der Waals surface area contributed by atoms with E-state index in [4.69, 9.17) is 14.2 Å². The first-order valence-electron chi connectivity index (χ1n) is 9.58. The van der Waals surface area contributed by atoms with Crippen molar-refractivity contribution < 1.29 is 19.0 Å². The third-order valence-corrected chi connectivity index (χ3v) is 4.87. The number of hydrogen-bond acceptors (Lipinski definition) is 7. The van der Waals surface area contributed by atoms with Crippen LogP contribution in [0.5, 0.6) is 22.4 Å². The van der Waals surface area contributed by atoms with Gasteiger partial charge in [-0.15, -0.1) is 0 Å². The Morgan fingerprint density at radius 2 is 1.93 bits per heavy atom. The van der Waals surface area contributed by atoms with Crippen molar-refractivity contribution in [2.24, 2.45) is 5.92 Å². The summed E-state index contributed by atoms with van der Waals surface area (Å²) in [5, 5.41) is 3.29. The van der Waals surface area contributed by atoms with Crippen molar-refractivity contribution in [1.29, 1.82) is 0 Å². The molecule has 3 aromatic rings. The van der Waals surface area contributed by atoms with E-state index in [0.29, 0.717) is 47.0 Å². The topological polar surface area (TPSA) is 82.6 Å². The second-order valence-corrected chi connectivity index (χ2v) is 7.79. The molecule has 0 aliphatic heterocycles. The van der Waals surface area contributed by atoms with Crippen molar-refractivity contribution in [3.63, 3.8) is 0 Å². The van der Waals surface area contributed by atoms with E-state index in [9.17, 15) is 4.79 Å². The lowest BCUT2D eigenvalue weighted by atomic mass is 10.1. The summed E-state index contributed by atoms with van der Waals surface area (Å²) in [5.41, 5.74) is 1.56. The van der Waals surface area contributed by atoms with E-state index in [-0.39, 0.29) is 5.91 Å². The number of amides is 1. The number of benzene rings is 2. The minimum Gasteiger partial charge on any atom is -0.497 e. The maximum absolute atomic E-state index is 12.3. The minimum atomic E-state index is -0.148. The third kappa shape index (κ3) is 5.70. The molecule has 0 saturated carbocycles. The predicted octanol–water partition coefficient (Wildman–Crippen LogP) is 4.32. The van der Waals surface area contributed by atoms with E-state index in [1.54, 1.807) is 25.3 Å². The molecule has 1 N–H and O–H groups in total. The fourth-order valence-electron chi connectivity index (χ4n) is 2.70. The van der Waals surface area contributed by atoms with E-state index < -0.39 is 0 Å². The highest BCUT2D eigenvalue weighted by molar-refractivity contribution is 7.07. The van der Waals surface area contributed by atoms with Gasteiger partial charge in [0, 0.05) is 30.1 Å². The third-order valence-electron chi connectivity index (χ3n) is 4.24. The first-order valence-corrected chi connectivity index (χ1v) is 10.4. The number of carbonyl (C=O) groups is 1. The van der Waals surface area contributed by atoms with E-state index in [1.165, 1.54) is 18.6 Å². The molecule has 0 radical (unpaired) electrons. The van der Waals surface area contributed by atoms with E-state index in [0.717, 1.165) is 11.3 Å². The van der Waals surface area contributed by atoms with Gasteiger partial charge < -0.3 is 19.5 Å². The summed E-state index contributed by atoms with van der Waals surface area (Å²) in [6.07, 6.45) is 0.573. The predicted molar refractivity (Wildman–Crippen MR) is 116 cm³/mol. The molecule has 0 unspecified atom stereocenters. The summed E-state index contributed by atoms with van der Waals surface area (Å²) in [6.45, 7) is 4.70. The van der Waals surface area contributed by atoms with E-state index in [1.807, 2.05) is 38.1 Å². The SMILES string of the molecule is COc1cccc(Cc2nsc(Oc3ccc(C(=O)NCC(C)C)cc3OC)n2)c1. The molecule has 1 heterocycles. The van der Waals surface area contributed by atoms with Crippen LogP contribution in [0.4, 0.5) is 0 Å². The molecule has 1 aromatic heterocycles. The van der Waals surface area contributed by atoms with Gasteiger partial charge in [-0.1, -0.05) is 26.0 Å². The highest BCUT2D eigenvalue weighted by atomic mass is 32.1. The molecule has 2 aromatic carbocycles. The van der Waals surface area contributed by atoms with Crippen LogP contribution in [-0.2, 0) is 6.42 Å². The lowest BCUT2D eigenvalue weighted by Gasteiger charge is -2.11. The molecule has 0 aliphatic carbocycles. The van der Waals surface area contributed by atoms with Crippen LogP contribution >= 0.6 is 11.5 Å². The Hall–Kier alpha value is -3.13. The molecule has 3 rings (SSSR count). The van der Waals surface area contributed by atoms with Gasteiger partial charge >= 0.3 is 0 Å². The minimum absolute atomic E-state index is 0.148. The van der Waals surface area contributed by atoms with Crippen LogP contribution in [0.15, 0.2) is 42.5 Å². The summed E-state index contributed by atoms with van der Waals surface area (Å²) < 4.78 is 20.9. The molecule has 0 fully saturated rings. The highest BCUT2D eigenvalue weighted by Crippen LogP contribution is 2.33. The number of nitrogens with zero attached hydrogens (tertiary/aromatic N) is 2. The van der Waals surface area contributed by atoms with Crippen LogP contribution in [0.1, 0.15) is 35.6 Å². The van der Waals surface area contributed by atoms with E-state index >= 15 is 0 Å².